The van der Waals surface area contributed by atoms with Gasteiger partial charge in [0.05, 0.1) is 17.6 Å². The van der Waals surface area contributed by atoms with Gasteiger partial charge in [0, 0.05) is 56.5 Å². The number of piperidine rings is 1. The fourth-order valence-corrected chi connectivity index (χ4v) is 5.38. The minimum Gasteiger partial charge on any atom is -0.330 e. The molecule has 2 bridgehead atoms. The van der Waals surface area contributed by atoms with Gasteiger partial charge in [0.1, 0.15) is 5.82 Å². The summed E-state index contributed by atoms with van der Waals surface area (Å²) in [6.07, 6.45) is 1.67. The minimum absolute atomic E-state index is 0.0368. The number of hydrogen-bond acceptors (Lipinski definition) is 4. The van der Waals surface area contributed by atoms with Gasteiger partial charge in [-0.3, -0.25) is 14.5 Å². The van der Waals surface area contributed by atoms with Crippen LogP contribution in [0.2, 0.25) is 0 Å². The van der Waals surface area contributed by atoms with Gasteiger partial charge in [0.15, 0.2) is 0 Å². The van der Waals surface area contributed by atoms with Crippen molar-refractivity contribution in [3.05, 3.63) is 58.3 Å². The number of aryl methyl sites for hydroxylation is 1. The van der Waals surface area contributed by atoms with E-state index in [0.29, 0.717) is 24.2 Å². The van der Waals surface area contributed by atoms with Gasteiger partial charge in [-0.25, -0.2) is 4.98 Å². The lowest BCUT2D eigenvalue weighted by Gasteiger charge is -2.42. The number of carbonyl (C=O) groups is 1. The number of pyridine rings is 1. The third-order valence-corrected chi connectivity index (χ3v) is 6.77. The molecule has 7 nitrogen and oxygen atoms in total. The number of rotatable bonds is 5. The summed E-state index contributed by atoms with van der Waals surface area (Å²) in [6, 6.07) is 11.6. The van der Waals surface area contributed by atoms with E-state index in [1.807, 2.05) is 42.7 Å². The largest absolute Gasteiger partial charge is 0.330 e. The Bertz CT molecular complexity index is 1220. The summed E-state index contributed by atoms with van der Waals surface area (Å²) in [5, 5.41) is 2.99. The minimum atomic E-state index is 0.0368. The predicted molar refractivity (Wildman–Crippen MR) is 126 cm³/mol. The number of nitrogens with one attached hydrogen (secondary N) is 1. The smallest absolute Gasteiger partial charge is 0.250 e. The summed E-state index contributed by atoms with van der Waals surface area (Å²) in [4.78, 5) is 31.8. The summed E-state index contributed by atoms with van der Waals surface area (Å²) < 4.78 is 4.12. The van der Waals surface area contributed by atoms with Crippen LogP contribution in [0.5, 0.6) is 0 Å². The highest BCUT2D eigenvalue weighted by atomic mass is 16.1. The van der Waals surface area contributed by atoms with Crippen LogP contribution in [0, 0.1) is 11.8 Å². The van der Waals surface area contributed by atoms with Gasteiger partial charge in [-0.05, 0) is 42.5 Å². The first kappa shape index (κ1) is 20.9. The number of imidazole rings is 1. The number of benzene rings is 1. The standard InChI is InChI=1S/C25H31N5O2/c1-16(2)9-24(31)26-19-7-8-22-20(11-19)27-23(28(22)3)15-29-12-17-10-18(14-29)21-5-4-6-25(32)30(21)13-17/h4-8,11,16-18H,9-10,12-15H2,1-3H3,(H,26,31)/t17-,18+/m1/s1. The first-order valence-electron chi connectivity index (χ1n) is 11.5. The zero-order valence-corrected chi connectivity index (χ0v) is 19.0. The zero-order chi connectivity index (χ0) is 22.4. The molecule has 2 aliphatic heterocycles. The molecule has 1 fully saturated rings. The first-order valence-corrected chi connectivity index (χ1v) is 11.5. The van der Waals surface area contributed by atoms with Crippen LogP contribution >= 0.6 is 0 Å². The molecule has 2 aliphatic rings. The van der Waals surface area contributed by atoms with E-state index < -0.39 is 0 Å². The van der Waals surface area contributed by atoms with Gasteiger partial charge >= 0.3 is 0 Å². The summed E-state index contributed by atoms with van der Waals surface area (Å²) in [5.41, 5.74) is 4.06. The van der Waals surface area contributed by atoms with E-state index in [0.717, 1.165) is 55.1 Å². The van der Waals surface area contributed by atoms with Crippen LogP contribution in [0.25, 0.3) is 11.0 Å². The average Bonchev–Trinajstić information content (AvgIpc) is 3.03. The molecule has 4 heterocycles. The average molecular weight is 434 g/mol. The number of likely N-dealkylation sites (tertiary alicyclic amines) is 1. The van der Waals surface area contributed by atoms with Crippen molar-refractivity contribution in [3.8, 4) is 0 Å². The Morgan fingerprint density at radius 2 is 2.03 bits per heavy atom. The Labute approximate surface area is 188 Å². The van der Waals surface area contributed by atoms with E-state index in [1.165, 1.54) is 5.69 Å². The van der Waals surface area contributed by atoms with Crippen LogP contribution in [0.3, 0.4) is 0 Å². The molecule has 3 aromatic rings. The highest BCUT2D eigenvalue weighted by molar-refractivity contribution is 5.93. The van der Waals surface area contributed by atoms with Crippen LogP contribution in [0.4, 0.5) is 5.69 Å². The van der Waals surface area contributed by atoms with Gasteiger partial charge in [0.25, 0.3) is 5.56 Å². The second-order valence-electron chi connectivity index (χ2n) is 9.83. The van der Waals surface area contributed by atoms with Crippen molar-refractivity contribution in [2.24, 2.45) is 18.9 Å². The van der Waals surface area contributed by atoms with Gasteiger partial charge in [0.2, 0.25) is 5.91 Å². The molecule has 1 N–H and O–H groups in total. The summed E-state index contributed by atoms with van der Waals surface area (Å²) in [5.74, 6) is 2.29. The number of amides is 1. The van der Waals surface area contributed by atoms with Crippen molar-refractivity contribution < 1.29 is 4.79 Å². The van der Waals surface area contributed by atoms with Gasteiger partial charge < -0.3 is 14.5 Å². The molecule has 1 aromatic carbocycles. The van der Waals surface area contributed by atoms with Crippen molar-refractivity contribution in [3.63, 3.8) is 0 Å². The fourth-order valence-electron chi connectivity index (χ4n) is 5.38. The Hall–Kier alpha value is -2.93. The van der Waals surface area contributed by atoms with Gasteiger partial charge in [-0.2, -0.15) is 0 Å². The molecular weight excluding hydrogens is 402 g/mol. The van der Waals surface area contributed by atoms with E-state index in [9.17, 15) is 9.59 Å². The highest BCUT2D eigenvalue weighted by Crippen LogP contribution is 2.35. The Balaban J connectivity index is 1.34. The van der Waals surface area contributed by atoms with Crippen molar-refractivity contribution >= 4 is 22.6 Å². The molecule has 1 amide bonds. The maximum Gasteiger partial charge on any atom is 0.250 e. The molecule has 1 saturated heterocycles. The van der Waals surface area contributed by atoms with Crippen LogP contribution < -0.4 is 10.9 Å². The quantitative estimate of drug-likeness (QED) is 0.670. The third-order valence-electron chi connectivity index (χ3n) is 6.77. The van der Waals surface area contributed by atoms with Crippen LogP contribution in [0.15, 0.2) is 41.2 Å². The third kappa shape index (κ3) is 3.97. The van der Waals surface area contributed by atoms with E-state index >= 15 is 0 Å². The van der Waals surface area contributed by atoms with Crippen LogP contribution in [0.1, 0.15) is 44.1 Å². The number of anilines is 1. The molecule has 7 heteroatoms. The Morgan fingerprint density at radius 1 is 1.19 bits per heavy atom. The molecular formula is C25H31N5O2. The summed E-state index contributed by atoms with van der Waals surface area (Å²) in [7, 11) is 2.06. The maximum absolute atomic E-state index is 12.3. The van der Waals surface area contributed by atoms with Crippen molar-refractivity contribution in [1.82, 2.24) is 19.0 Å². The van der Waals surface area contributed by atoms with E-state index in [2.05, 4.69) is 27.9 Å². The number of aromatic nitrogens is 3. The van der Waals surface area contributed by atoms with Crippen LogP contribution in [-0.4, -0.2) is 38.0 Å². The molecule has 32 heavy (non-hydrogen) atoms. The van der Waals surface area contributed by atoms with E-state index in [-0.39, 0.29) is 11.5 Å². The normalized spacial score (nSPS) is 20.5. The fraction of sp³-hybridized carbons (Fsp3) is 0.480. The highest BCUT2D eigenvalue weighted by Gasteiger charge is 2.34. The van der Waals surface area contributed by atoms with Gasteiger partial charge in [-0.1, -0.05) is 19.9 Å². The lowest BCUT2D eigenvalue weighted by Crippen LogP contribution is -2.46. The van der Waals surface area contributed by atoms with Crippen molar-refractivity contribution in [1.29, 1.82) is 0 Å². The molecule has 0 unspecified atom stereocenters. The second kappa shape index (κ2) is 8.20. The lowest BCUT2D eigenvalue weighted by atomic mass is 9.83. The molecule has 2 aromatic heterocycles. The number of fused-ring (bicyclic) bond motifs is 5. The van der Waals surface area contributed by atoms with E-state index in [4.69, 9.17) is 4.98 Å². The molecule has 0 aliphatic carbocycles. The van der Waals surface area contributed by atoms with Gasteiger partial charge in [-0.15, -0.1) is 0 Å². The summed E-state index contributed by atoms with van der Waals surface area (Å²) >= 11 is 0. The Kier molecular flexibility index (Phi) is 5.37. The molecule has 2 atom stereocenters. The molecule has 0 saturated carbocycles. The molecule has 168 valence electrons. The first-order chi connectivity index (χ1) is 15.4. The second-order valence-corrected chi connectivity index (χ2v) is 9.83. The topological polar surface area (TPSA) is 72.2 Å². The lowest BCUT2D eigenvalue weighted by molar-refractivity contribution is -0.116. The molecule has 0 spiro atoms. The van der Waals surface area contributed by atoms with Crippen molar-refractivity contribution in [2.45, 2.75) is 45.7 Å². The number of nitrogens with zero attached hydrogens (tertiary/aromatic N) is 4. The SMILES string of the molecule is CC(C)CC(=O)Nc1ccc2c(c1)nc(CN1C[C@H]3C[C@@H](C1)c1cccc(=O)n1C3)n2C. The maximum atomic E-state index is 12.3. The molecule has 5 rings (SSSR count). The Morgan fingerprint density at radius 3 is 2.84 bits per heavy atom. The van der Waals surface area contributed by atoms with E-state index in [1.54, 1.807) is 6.07 Å². The summed E-state index contributed by atoms with van der Waals surface area (Å²) in [6.45, 7) is 7.60. The monoisotopic (exact) mass is 433 g/mol. The van der Waals surface area contributed by atoms with Crippen molar-refractivity contribution in [2.75, 3.05) is 18.4 Å². The number of hydrogen-bond donors (Lipinski definition) is 1. The van der Waals surface area contributed by atoms with Crippen LogP contribution in [-0.2, 0) is 24.9 Å². The number of carbonyl (C=O) groups excluding carboxylic acids is 1. The predicted octanol–water partition coefficient (Wildman–Crippen LogP) is 3.34. The zero-order valence-electron chi connectivity index (χ0n) is 19.0. The molecule has 0 radical (unpaired) electrons.